The fourth-order valence-corrected chi connectivity index (χ4v) is 1.82. The van der Waals surface area contributed by atoms with Gasteiger partial charge in [0.25, 0.3) is 0 Å². The van der Waals surface area contributed by atoms with Crippen LogP contribution in [-0.2, 0) is 0 Å². The lowest BCUT2D eigenvalue weighted by molar-refractivity contribution is 0.104. The molecule has 0 aliphatic carbocycles. The summed E-state index contributed by atoms with van der Waals surface area (Å²) in [4.78, 5) is 11.8. The molecule has 0 atom stereocenters. The van der Waals surface area contributed by atoms with E-state index in [1.807, 2.05) is 32.0 Å². The van der Waals surface area contributed by atoms with E-state index in [0.29, 0.717) is 5.56 Å². The van der Waals surface area contributed by atoms with Gasteiger partial charge in [0, 0.05) is 23.5 Å². The molecule has 0 saturated carbocycles. The van der Waals surface area contributed by atoms with Gasteiger partial charge in [-0.25, -0.2) is 4.39 Å². The number of hydrogen-bond acceptors (Lipinski definition) is 2. The van der Waals surface area contributed by atoms with Gasteiger partial charge in [0.15, 0.2) is 5.78 Å². The number of benzene rings is 2. The van der Waals surface area contributed by atoms with E-state index in [0.717, 1.165) is 11.3 Å². The van der Waals surface area contributed by atoms with Crippen molar-refractivity contribution in [3.05, 3.63) is 77.2 Å². The van der Waals surface area contributed by atoms with Crippen LogP contribution in [0.15, 0.2) is 54.7 Å². The first-order valence-corrected chi connectivity index (χ1v) is 6.37. The Kier molecular flexibility index (Phi) is 4.31. The zero-order valence-electron chi connectivity index (χ0n) is 11.5. The van der Waals surface area contributed by atoms with Crippen LogP contribution >= 0.6 is 0 Å². The molecule has 0 aliphatic rings. The van der Waals surface area contributed by atoms with Crippen LogP contribution in [0.3, 0.4) is 0 Å². The minimum Gasteiger partial charge on any atom is -0.361 e. The number of carbonyl (C=O) groups excluding carboxylic acids is 1. The zero-order valence-corrected chi connectivity index (χ0v) is 11.5. The van der Waals surface area contributed by atoms with Crippen molar-refractivity contribution >= 4 is 11.5 Å². The summed E-state index contributed by atoms with van der Waals surface area (Å²) in [5.74, 6) is -0.512. The van der Waals surface area contributed by atoms with Gasteiger partial charge in [0.2, 0.25) is 0 Å². The monoisotopic (exact) mass is 269 g/mol. The Morgan fingerprint density at radius 2 is 1.80 bits per heavy atom. The second-order valence-electron chi connectivity index (χ2n) is 4.60. The lowest BCUT2D eigenvalue weighted by Gasteiger charge is -2.07. The molecule has 0 unspecified atom stereocenters. The van der Waals surface area contributed by atoms with Gasteiger partial charge in [-0.2, -0.15) is 0 Å². The second-order valence-corrected chi connectivity index (χ2v) is 4.60. The Morgan fingerprint density at radius 1 is 1.10 bits per heavy atom. The number of carbonyl (C=O) groups is 1. The number of ketones is 1. The molecule has 0 heterocycles. The summed E-state index contributed by atoms with van der Waals surface area (Å²) in [6.45, 7) is 4.06. The zero-order chi connectivity index (χ0) is 14.5. The maximum Gasteiger partial charge on any atom is 0.187 e. The van der Waals surface area contributed by atoms with Crippen LogP contribution in [0.5, 0.6) is 0 Å². The summed E-state index contributed by atoms with van der Waals surface area (Å²) >= 11 is 0. The summed E-state index contributed by atoms with van der Waals surface area (Å²) in [6, 6.07) is 11.4. The number of rotatable bonds is 4. The van der Waals surface area contributed by atoms with Crippen LogP contribution in [-0.4, -0.2) is 5.78 Å². The molecule has 0 radical (unpaired) electrons. The molecule has 0 fully saturated rings. The summed E-state index contributed by atoms with van der Waals surface area (Å²) in [7, 11) is 0. The van der Waals surface area contributed by atoms with Gasteiger partial charge >= 0.3 is 0 Å². The average molecular weight is 269 g/mol. The van der Waals surface area contributed by atoms with Crippen LogP contribution in [0, 0.1) is 19.7 Å². The molecule has 2 nitrogen and oxygen atoms in total. The first-order valence-electron chi connectivity index (χ1n) is 6.37. The third-order valence-corrected chi connectivity index (χ3v) is 3.21. The molecule has 102 valence electrons. The fourth-order valence-electron chi connectivity index (χ4n) is 1.82. The Labute approximate surface area is 118 Å². The van der Waals surface area contributed by atoms with Crippen molar-refractivity contribution in [3.63, 3.8) is 0 Å². The summed E-state index contributed by atoms with van der Waals surface area (Å²) in [5.41, 5.74) is 3.76. The number of aryl methyl sites for hydroxylation is 1. The Morgan fingerprint density at radius 3 is 2.50 bits per heavy atom. The van der Waals surface area contributed by atoms with Gasteiger partial charge in [-0.1, -0.05) is 12.1 Å². The van der Waals surface area contributed by atoms with Crippen molar-refractivity contribution in [2.75, 3.05) is 5.32 Å². The molecule has 2 aromatic carbocycles. The highest BCUT2D eigenvalue weighted by molar-refractivity contribution is 6.04. The molecule has 2 aromatic rings. The van der Waals surface area contributed by atoms with E-state index in [4.69, 9.17) is 0 Å². The third-order valence-electron chi connectivity index (χ3n) is 3.21. The SMILES string of the molecule is Cc1cccc(N/C=C/C(=O)c2ccc(F)cc2)c1C. The molecule has 0 aliphatic heterocycles. The molecule has 2 rings (SSSR count). The van der Waals surface area contributed by atoms with Crippen LogP contribution in [0.2, 0.25) is 0 Å². The molecule has 0 amide bonds. The predicted octanol–water partition coefficient (Wildman–Crippen LogP) is 4.25. The van der Waals surface area contributed by atoms with E-state index in [9.17, 15) is 9.18 Å². The number of anilines is 1. The summed E-state index contributed by atoms with van der Waals surface area (Å²) in [5, 5.41) is 3.09. The van der Waals surface area contributed by atoms with Gasteiger partial charge in [-0.05, 0) is 55.3 Å². The topological polar surface area (TPSA) is 29.1 Å². The maximum atomic E-state index is 12.8. The highest BCUT2D eigenvalue weighted by Crippen LogP contribution is 2.17. The van der Waals surface area contributed by atoms with Crippen molar-refractivity contribution < 1.29 is 9.18 Å². The minimum atomic E-state index is -0.348. The number of hydrogen-bond donors (Lipinski definition) is 1. The van der Waals surface area contributed by atoms with Crippen molar-refractivity contribution in [2.24, 2.45) is 0 Å². The van der Waals surface area contributed by atoms with Crippen molar-refractivity contribution in [1.29, 1.82) is 0 Å². The van der Waals surface area contributed by atoms with Gasteiger partial charge in [0.1, 0.15) is 5.82 Å². The Bertz CT molecular complexity index is 645. The fraction of sp³-hybridized carbons (Fsp3) is 0.118. The third kappa shape index (κ3) is 3.32. The lowest BCUT2D eigenvalue weighted by Crippen LogP contribution is -1.97. The molecule has 0 spiro atoms. The molecule has 3 heteroatoms. The molecular formula is C17H16FNO. The highest BCUT2D eigenvalue weighted by Gasteiger charge is 2.02. The second kappa shape index (κ2) is 6.15. The van der Waals surface area contributed by atoms with E-state index in [-0.39, 0.29) is 11.6 Å². The van der Waals surface area contributed by atoms with Gasteiger partial charge in [0.05, 0.1) is 0 Å². The molecular weight excluding hydrogens is 253 g/mol. The van der Waals surface area contributed by atoms with Crippen LogP contribution in [0.4, 0.5) is 10.1 Å². The van der Waals surface area contributed by atoms with Crippen molar-refractivity contribution in [2.45, 2.75) is 13.8 Å². The van der Waals surface area contributed by atoms with Gasteiger partial charge in [-0.15, -0.1) is 0 Å². The van der Waals surface area contributed by atoms with E-state index < -0.39 is 0 Å². The summed E-state index contributed by atoms with van der Waals surface area (Å²) in [6.07, 6.45) is 3.04. The molecule has 0 aromatic heterocycles. The largest absolute Gasteiger partial charge is 0.361 e. The van der Waals surface area contributed by atoms with Crippen LogP contribution in [0.1, 0.15) is 21.5 Å². The Balaban J connectivity index is 2.05. The first kappa shape index (κ1) is 14.0. The number of allylic oxidation sites excluding steroid dienone is 1. The van der Waals surface area contributed by atoms with Crippen LogP contribution < -0.4 is 5.32 Å². The van der Waals surface area contributed by atoms with Crippen LogP contribution in [0.25, 0.3) is 0 Å². The van der Waals surface area contributed by atoms with E-state index in [2.05, 4.69) is 5.32 Å². The predicted molar refractivity (Wildman–Crippen MR) is 79.4 cm³/mol. The average Bonchev–Trinajstić information content (AvgIpc) is 2.44. The lowest BCUT2D eigenvalue weighted by atomic mass is 10.1. The quantitative estimate of drug-likeness (QED) is 0.664. The highest BCUT2D eigenvalue weighted by atomic mass is 19.1. The van der Waals surface area contributed by atoms with Crippen molar-refractivity contribution in [1.82, 2.24) is 0 Å². The van der Waals surface area contributed by atoms with Gasteiger partial charge in [-0.3, -0.25) is 4.79 Å². The molecule has 1 N–H and O–H groups in total. The van der Waals surface area contributed by atoms with Crippen molar-refractivity contribution in [3.8, 4) is 0 Å². The standard InChI is InChI=1S/C17H16FNO/c1-12-4-3-5-16(13(12)2)19-11-10-17(20)14-6-8-15(18)9-7-14/h3-11,19H,1-2H3/b11-10+. The Hall–Kier alpha value is -2.42. The molecule has 0 saturated heterocycles. The molecule has 20 heavy (non-hydrogen) atoms. The smallest absolute Gasteiger partial charge is 0.187 e. The first-order chi connectivity index (χ1) is 9.58. The van der Waals surface area contributed by atoms with E-state index >= 15 is 0 Å². The number of nitrogens with one attached hydrogen (secondary N) is 1. The summed E-state index contributed by atoms with van der Waals surface area (Å²) < 4.78 is 12.8. The normalized spacial score (nSPS) is 10.8. The maximum absolute atomic E-state index is 12.8. The minimum absolute atomic E-state index is 0.164. The number of halogens is 1. The van der Waals surface area contributed by atoms with Gasteiger partial charge < -0.3 is 5.32 Å². The molecule has 0 bridgehead atoms. The van der Waals surface area contributed by atoms with E-state index in [1.165, 1.54) is 35.9 Å². The van der Waals surface area contributed by atoms with E-state index in [1.54, 1.807) is 6.20 Å².